The van der Waals surface area contributed by atoms with E-state index in [9.17, 15) is 0 Å². The first-order valence-electron chi connectivity index (χ1n) is 7.76. The minimum Gasteiger partial charge on any atom is -0.493 e. The first kappa shape index (κ1) is 17.0. The van der Waals surface area contributed by atoms with E-state index in [2.05, 4.69) is 44.3 Å². The second-order valence-electron chi connectivity index (χ2n) is 5.29. The van der Waals surface area contributed by atoms with Gasteiger partial charge >= 0.3 is 0 Å². The van der Waals surface area contributed by atoms with E-state index in [1.807, 2.05) is 0 Å². The Morgan fingerprint density at radius 3 is 2.60 bits per heavy atom. The summed E-state index contributed by atoms with van der Waals surface area (Å²) >= 11 is 0. The molecule has 0 radical (unpaired) electrons. The summed E-state index contributed by atoms with van der Waals surface area (Å²) in [6.45, 7) is 8.44. The van der Waals surface area contributed by atoms with Gasteiger partial charge in [0, 0.05) is 12.6 Å². The second-order valence-corrected chi connectivity index (χ2v) is 5.29. The topological polar surface area (TPSA) is 41.5 Å². The number of ether oxygens (including phenoxy) is 1. The zero-order valence-electron chi connectivity index (χ0n) is 13.1. The van der Waals surface area contributed by atoms with Gasteiger partial charge in [0.2, 0.25) is 0 Å². The van der Waals surface area contributed by atoms with E-state index < -0.39 is 0 Å². The molecule has 114 valence electrons. The lowest BCUT2D eigenvalue weighted by molar-refractivity contribution is 0.273. The highest BCUT2D eigenvalue weighted by atomic mass is 16.5. The average Bonchev–Trinajstić information content (AvgIpc) is 2.44. The molecule has 0 aromatic heterocycles. The summed E-state index contributed by atoms with van der Waals surface area (Å²) in [5, 5.41) is 12.1. The van der Waals surface area contributed by atoms with Crippen molar-refractivity contribution in [3.63, 3.8) is 0 Å². The van der Waals surface area contributed by atoms with Crippen LogP contribution in [0.25, 0.3) is 0 Å². The molecule has 3 heteroatoms. The Bertz CT molecular complexity index is 379. The summed E-state index contributed by atoms with van der Waals surface area (Å²) in [5.41, 5.74) is 2.50. The quantitative estimate of drug-likeness (QED) is 0.643. The van der Waals surface area contributed by atoms with Crippen molar-refractivity contribution in [3.05, 3.63) is 29.3 Å². The van der Waals surface area contributed by atoms with Gasteiger partial charge in [-0.05, 0) is 56.8 Å². The third-order valence-corrected chi connectivity index (χ3v) is 3.52. The van der Waals surface area contributed by atoms with Crippen LogP contribution in [0.2, 0.25) is 0 Å². The highest BCUT2D eigenvalue weighted by Gasteiger charge is 2.06. The van der Waals surface area contributed by atoms with Gasteiger partial charge in [-0.1, -0.05) is 25.5 Å². The molecule has 2 N–H and O–H groups in total. The molecule has 3 nitrogen and oxygen atoms in total. The fourth-order valence-corrected chi connectivity index (χ4v) is 2.28. The van der Waals surface area contributed by atoms with Crippen molar-refractivity contribution in [3.8, 4) is 5.75 Å². The van der Waals surface area contributed by atoms with Crippen LogP contribution in [-0.2, 0) is 0 Å². The normalized spacial score (nSPS) is 12.4. The molecule has 0 aliphatic rings. The highest BCUT2D eigenvalue weighted by molar-refractivity contribution is 5.37. The molecule has 1 aromatic rings. The van der Waals surface area contributed by atoms with Gasteiger partial charge in [0.25, 0.3) is 0 Å². The summed E-state index contributed by atoms with van der Waals surface area (Å²) in [4.78, 5) is 0. The predicted octanol–water partition coefficient (Wildman–Crippen LogP) is 3.60. The van der Waals surface area contributed by atoms with E-state index in [4.69, 9.17) is 9.84 Å². The maximum atomic E-state index is 8.71. The molecule has 20 heavy (non-hydrogen) atoms. The zero-order chi connectivity index (χ0) is 14.8. The Morgan fingerprint density at radius 1 is 1.20 bits per heavy atom. The molecule has 0 heterocycles. The number of rotatable bonds is 10. The molecule has 1 aromatic carbocycles. The van der Waals surface area contributed by atoms with Crippen LogP contribution in [0.5, 0.6) is 5.75 Å². The van der Waals surface area contributed by atoms with E-state index in [-0.39, 0.29) is 0 Å². The molecule has 0 aliphatic heterocycles. The lowest BCUT2D eigenvalue weighted by atomic mass is 10.1. The largest absolute Gasteiger partial charge is 0.493 e. The van der Waals surface area contributed by atoms with E-state index in [1.54, 1.807) is 0 Å². The van der Waals surface area contributed by atoms with E-state index in [0.717, 1.165) is 44.6 Å². The SMILES string of the molecule is CCNC(C)c1ccc(OCCCCCCO)c(C)c1. The molecule has 0 spiro atoms. The Kier molecular flexibility index (Phi) is 8.31. The van der Waals surface area contributed by atoms with E-state index >= 15 is 0 Å². The van der Waals surface area contributed by atoms with Crippen molar-refractivity contribution in [2.24, 2.45) is 0 Å². The maximum Gasteiger partial charge on any atom is 0.122 e. The van der Waals surface area contributed by atoms with Crippen molar-refractivity contribution >= 4 is 0 Å². The molecule has 0 fully saturated rings. The lowest BCUT2D eigenvalue weighted by Crippen LogP contribution is -2.17. The molecular formula is C17H29NO2. The molecule has 0 aliphatic carbocycles. The zero-order valence-corrected chi connectivity index (χ0v) is 13.1. The number of benzene rings is 1. The number of aliphatic hydroxyl groups is 1. The molecule has 0 saturated heterocycles. The fourth-order valence-electron chi connectivity index (χ4n) is 2.28. The summed E-state index contributed by atoms with van der Waals surface area (Å²) in [7, 11) is 0. The van der Waals surface area contributed by atoms with Crippen LogP contribution in [0.3, 0.4) is 0 Å². The van der Waals surface area contributed by atoms with Crippen LogP contribution in [0.15, 0.2) is 18.2 Å². The fraction of sp³-hybridized carbons (Fsp3) is 0.647. The number of aryl methyl sites for hydroxylation is 1. The van der Waals surface area contributed by atoms with Gasteiger partial charge in [-0.25, -0.2) is 0 Å². The number of aliphatic hydroxyl groups excluding tert-OH is 1. The van der Waals surface area contributed by atoms with Crippen molar-refractivity contribution < 1.29 is 9.84 Å². The summed E-state index contributed by atoms with van der Waals surface area (Å²) in [6, 6.07) is 6.80. The van der Waals surface area contributed by atoms with Gasteiger partial charge in [-0.3, -0.25) is 0 Å². The monoisotopic (exact) mass is 279 g/mol. The van der Waals surface area contributed by atoms with Crippen LogP contribution >= 0.6 is 0 Å². The predicted molar refractivity (Wildman–Crippen MR) is 84.3 cm³/mol. The Labute approximate surface area is 123 Å². The molecule has 0 bridgehead atoms. The first-order valence-corrected chi connectivity index (χ1v) is 7.76. The van der Waals surface area contributed by atoms with Crippen molar-refractivity contribution in [1.29, 1.82) is 0 Å². The van der Waals surface area contributed by atoms with Crippen LogP contribution in [0, 0.1) is 6.92 Å². The maximum absolute atomic E-state index is 8.71. The van der Waals surface area contributed by atoms with Gasteiger partial charge in [0.05, 0.1) is 6.61 Å². The number of hydrogen-bond acceptors (Lipinski definition) is 3. The van der Waals surface area contributed by atoms with E-state index in [0.29, 0.717) is 12.6 Å². The standard InChI is InChI=1S/C17H29NO2/c1-4-18-15(3)16-9-10-17(14(2)13-16)20-12-8-6-5-7-11-19/h9-10,13,15,18-19H,4-8,11-12H2,1-3H3. The van der Waals surface area contributed by atoms with Crippen molar-refractivity contribution in [1.82, 2.24) is 5.32 Å². The van der Waals surface area contributed by atoms with E-state index in [1.165, 1.54) is 11.1 Å². The summed E-state index contributed by atoms with van der Waals surface area (Å²) < 4.78 is 5.83. The first-order chi connectivity index (χ1) is 9.69. The van der Waals surface area contributed by atoms with Gasteiger partial charge in [-0.2, -0.15) is 0 Å². The summed E-state index contributed by atoms with van der Waals surface area (Å²) in [5.74, 6) is 0.986. The minimum atomic E-state index is 0.297. The lowest BCUT2D eigenvalue weighted by Gasteiger charge is -2.15. The van der Waals surface area contributed by atoms with Gasteiger partial charge < -0.3 is 15.2 Å². The smallest absolute Gasteiger partial charge is 0.122 e. The second kappa shape index (κ2) is 9.78. The van der Waals surface area contributed by atoms with Crippen LogP contribution in [0.1, 0.15) is 56.7 Å². The highest BCUT2D eigenvalue weighted by Crippen LogP contribution is 2.23. The van der Waals surface area contributed by atoms with Gasteiger partial charge in [0.15, 0.2) is 0 Å². The van der Waals surface area contributed by atoms with Crippen molar-refractivity contribution in [2.75, 3.05) is 19.8 Å². The number of nitrogens with one attached hydrogen (secondary N) is 1. The van der Waals surface area contributed by atoms with Gasteiger partial charge in [0.1, 0.15) is 5.75 Å². The Balaban J connectivity index is 2.39. The Morgan fingerprint density at radius 2 is 1.95 bits per heavy atom. The number of hydrogen-bond donors (Lipinski definition) is 2. The molecule has 1 unspecified atom stereocenters. The van der Waals surface area contributed by atoms with Crippen LogP contribution in [0.4, 0.5) is 0 Å². The van der Waals surface area contributed by atoms with Gasteiger partial charge in [-0.15, -0.1) is 0 Å². The molecule has 0 amide bonds. The molecule has 1 atom stereocenters. The van der Waals surface area contributed by atoms with Crippen molar-refractivity contribution in [2.45, 2.75) is 52.5 Å². The van der Waals surface area contributed by atoms with Crippen LogP contribution < -0.4 is 10.1 Å². The number of unbranched alkanes of at least 4 members (excludes halogenated alkanes) is 3. The molecular weight excluding hydrogens is 250 g/mol. The molecule has 0 saturated carbocycles. The summed E-state index contributed by atoms with van der Waals surface area (Å²) in [6.07, 6.45) is 4.15. The van der Waals surface area contributed by atoms with Crippen LogP contribution in [-0.4, -0.2) is 24.9 Å². The molecule has 1 rings (SSSR count). The minimum absolute atomic E-state index is 0.297. The average molecular weight is 279 g/mol. The third-order valence-electron chi connectivity index (χ3n) is 3.52. The third kappa shape index (κ3) is 5.93. The Hall–Kier alpha value is -1.06.